The number of methoxy groups -OCH3 is 1. The minimum atomic E-state index is -4.89. The van der Waals surface area contributed by atoms with Gasteiger partial charge in [-0.3, -0.25) is 0 Å². The van der Waals surface area contributed by atoms with Gasteiger partial charge in [0.25, 0.3) is 0 Å². The molecule has 1 atom stereocenters. The van der Waals surface area contributed by atoms with E-state index in [0.29, 0.717) is 10.0 Å². The molecule has 0 aromatic heterocycles. The maximum atomic E-state index is 12.5. The van der Waals surface area contributed by atoms with Gasteiger partial charge >= 0.3 is 12.3 Å². The number of nitrogens with one attached hydrogen (secondary N) is 1. The summed E-state index contributed by atoms with van der Waals surface area (Å²) < 4.78 is 72.7. The van der Waals surface area contributed by atoms with Gasteiger partial charge in [-0.25, -0.2) is 13.2 Å². The summed E-state index contributed by atoms with van der Waals surface area (Å²) in [5.74, 6) is -1.43. The number of hydrogen-bond acceptors (Lipinski definition) is 5. The largest absolute Gasteiger partial charge is 0.573 e. The molecule has 0 spiro atoms. The van der Waals surface area contributed by atoms with Crippen LogP contribution in [0, 0.1) is 0 Å². The Morgan fingerprint density at radius 2 is 1.70 bits per heavy atom. The summed E-state index contributed by atoms with van der Waals surface area (Å²) in [5, 5.41) is 0. The van der Waals surface area contributed by atoms with Gasteiger partial charge in [0.2, 0.25) is 10.0 Å². The van der Waals surface area contributed by atoms with Crippen LogP contribution in [0.25, 0.3) is 0 Å². The summed E-state index contributed by atoms with van der Waals surface area (Å²) >= 11 is 3.23. The highest BCUT2D eigenvalue weighted by molar-refractivity contribution is 9.10. The fourth-order valence-electron chi connectivity index (χ4n) is 2.11. The molecule has 0 aliphatic carbocycles. The standard InChI is InChI=1S/C16H13BrF3NO5S/c1-25-15(22)14(12-4-2-3-5-13(12)17)21-27(23,24)11-8-6-10(7-9-11)26-16(18,19)20/h2-9,14,21H,1H3/t14-/m1/s1. The van der Waals surface area contributed by atoms with Gasteiger partial charge in [-0.15, -0.1) is 13.2 Å². The molecular weight excluding hydrogens is 455 g/mol. The lowest BCUT2D eigenvalue weighted by Crippen LogP contribution is -2.34. The Hall–Kier alpha value is -2.11. The highest BCUT2D eigenvalue weighted by Gasteiger charge is 2.32. The second kappa shape index (κ2) is 8.28. The zero-order valence-electron chi connectivity index (χ0n) is 13.7. The molecule has 0 saturated heterocycles. The Kier molecular flexibility index (Phi) is 6.50. The van der Waals surface area contributed by atoms with Crippen LogP contribution in [0.15, 0.2) is 57.9 Å². The van der Waals surface area contributed by atoms with E-state index in [-0.39, 0.29) is 4.90 Å². The molecule has 2 rings (SSSR count). The van der Waals surface area contributed by atoms with E-state index in [0.717, 1.165) is 31.4 Å². The minimum absolute atomic E-state index is 0.310. The van der Waals surface area contributed by atoms with Crippen LogP contribution >= 0.6 is 15.9 Å². The average molecular weight is 468 g/mol. The highest BCUT2D eigenvalue weighted by Crippen LogP contribution is 2.27. The van der Waals surface area contributed by atoms with E-state index >= 15 is 0 Å². The number of benzene rings is 2. The number of carbonyl (C=O) groups excluding carboxylic acids is 1. The molecule has 2 aromatic rings. The van der Waals surface area contributed by atoms with Crippen molar-refractivity contribution in [3.8, 4) is 5.75 Å². The van der Waals surface area contributed by atoms with Gasteiger partial charge in [0.15, 0.2) is 0 Å². The van der Waals surface area contributed by atoms with Crippen molar-refractivity contribution in [3.63, 3.8) is 0 Å². The topological polar surface area (TPSA) is 81.7 Å². The molecule has 0 fully saturated rings. The summed E-state index contributed by atoms with van der Waals surface area (Å²) in [4.78, 5) is 11.7. The third-order valence-electron chi connectivity index (χ3n) is 3.29. The second-order valence-corrected chi connectivity index (χ2v) is 7.69. The average Bonchev–Trinajstić information content (AvgIpc) is 2.59. The van der Waals surface area contributed by atoms with Gasteiger partial charge < -0.3 is 9.47 Å². The van der Waals surface area contributed by atoms with Gasteiger partial charge in [-0.1, -0.05) is 34.1 Å². The Morgan fingerprint density at radius 1 is 1.11 bits per heavy atom. The quantitative estimate of drug-likeness (QED) is 0.657. The van der Waals surface area contributed by atoms with Crippen molar-refractivity contribution in [3.05, 3.63) is 58.6 Å². The zero-order chi connectivity index (χ0) is 20.2. The van der Waals surface area contributed by atoms with Crippen molar-refractivity contribution < 1.29 is 35.9 Å². The van der Waals surface area contributed by atoms with Crippen LogP contribution in [0.4, 0.5) is 13.2 Å². The van der Waals surface area contributed by atoms with E-state index in [2.05, 4.69) is 30.1 Å². The van der Waals surface area contributed by atoms with Crippen molar-refractivity contribution in [1.29, 1.82) is 0 Å². The molecule has 1 N–H and O–H groups in total. The zero-order valence-corrected chi connectivity index (χ0v) is 16.1. The van der Waals surface area contributed by atoms with Crippen LogP contribution in [-0.2, 0) is 19.6 Å². The van der Waals surface area contributed by atoms with Gasteiger partial charge in [0, 0.05) is 4.47 Å². The van der Waals surface area contributed by atoms with E-state index < -0.39 is 34.1 Å². The summed E-state index contributed by atoms with van der Waals surface area (Å²) in [6.07, 6.45) is -4.89. The second-order valence-electron chi connectivity index (χ2n) is 5.12. The van der Waals surface area contributed by atoms with Crippen molar-refractivity contribution >= 4 is 31.9 Å². The number of alkyl halides is 3. The molecule has 0 aliphatic heterocycles. The smallest absolute Gasteiger partial charge is 0.468 e. The van der Waals surface area contributed by atoms with Crippen LogP contribution in [0.1, 0.15) is 11.6 Å². The molecule has 11 heteroatoms. The molecule has 2 aromatic carbocycles. The number of rotatable bonds is 6. The lowest BCUT2D eigenvalue weighted by atomic mass is 10.1. The summed E-state index contributed by atoms with van der Waals surface area (Å²) in [7, 11) is -3.15. The molecule has 0 heterocycles. The number of hydrogen-bond donors (Lipinski definition) is 1. The molecule has 0 amide bonds. The molecular formula is C16H13BrF3NO5S. The molecule has 146 valence electrons. The van der Waals surface area contributed by atoms with Crippen LogP contribution < -0.4 is 9.46 Å². The third-order valence-corrected chi connectivity index (χ3v) is 5.45. The van der Waals surface area contributed by atoms with Crippen molar-refractivity contribution in [2.24, 2.45) is 0 Å². The predicted octanol–water partition coefficient (Wildman–Crippen LogP) is 3.54. The van der Waals surface area contributed by atoms with E-state index in [4.69, 9.17) is 0 Å². The molecule has 0 radical (unpaired) electrons. The highest BCUT2D eigenvalue weighted by atomic mass is 79.9. The van der Waals surface area contributed by atoms with Crippen LogP contribution in [0.3, 0.4) is 0 Å². The van der Waals surface area contributed by atoms with E-state index in [1.54, 1.807) is 18.2 Å². The number of esters is 1. The first kappa shape index (κ1) is 21.2. The molecule has 0 unspecified atom stereocenters. The lowest BCUT2D eigenvalue weighted by Gasteiger charge is -2.18. The first-order valence-corrected chi connectivity index (χ1v) is 9.51. The maximum absolute atomic E-state index is 12.5. The van der Waals surface area contributed by atoms with E-state index in [9.17, 15) is 26.4 Å². The van der Waals surface area contributed by atoms with Crippen LogP contribution in [-0.4, -0.2) is 27.9 Å². The first-order valence-electron chi connectivity index (χ1n) is 7.24. The third kappa shape index (κ3) is 5.68. The fraction of sp³-hybridized carbons (Fsp3) is 0.188. The van der Waals surface area contributed by atoms with E-state index in [1.165, 1.54) is 6.07 Å². The summed E-state index contributed by atoms with van der Waals surface area (Å²) in [6.45, 7) is 0. The number of ether oxygens (including phenoxy) is 2. The van der Waals surface area contributed by atoms with Crippen molar-refractivity contribution in [2.45, 2.75) is 17.3 Å². The Balaban J connectivity index is 2.31. The monoisotopic (exact) mass is 467 g/mol. The van der Waals surface area contributed by atoms with Gasteiger partial charge in [-0.05, 0) is 35.9 Å². The van der Waals surface area contributed by atoms with Crippen LogP contribution in [0.2, 0.25) is 0 Å². The van der Waals surface area contributed by atoms with Crippen molar-refractivity contribution in [2.75, 3.05) is 7.11 Å². The predicted molar refractivity (Wildman–Crippen MR) is 92.3 cm³/mol. The molecule has 0 bridgehead atoms. The molecule has 0 saturated carbocycles. The maximum Gasteiger partial charge on any atom is 0.573 e. The first-order chi connectivity index (χ1) is 12.5. The van der Waals surface area contributed by atoms with Gasteiger partial charge in [-0.2, -0.15) is 4.72 Å². The summed E-state index contributed by atoms with van der Waals surface area (Å²) in [6, 6.07) is 8.62. The fourth-order valence-corrected chi connectivity index (χ4v) is 3.79. The Labute approximate surface area is 161 Å². The van der Waals surface area contributed by atoms with Crippen molar-refractivity contribution in [1.82, 2.24) is 4.72 Å². The van der Waals surface area contributed by atoms with Crippen LogP contribution in [0.5, 0.6) is 5.75 Å². The lowest BCUT2D eigenvalue weighted by molar-refractivity contribution is -0.274. The normalized spacial score (nSPS) is 13.1. The van der Waals surface area contributed by atoms with E-state index in [1.807, 2.05) is 0 Å². The molecule has 0 aliphatic rings. The van der Waals surface area contributed by atoms with Gasteiger partial charge in [0.05, 0.1) is 12.0 Å². The molecule has 6 nitrogen and oxygen atoms in total. The molecule has 27 heavy (non-hydrogen) atoms. The summed E-state index contributed by atoms with van der Waals surface area (Å²) in [5.41, 5.74) is 0.310. The number of halogens is 4. The Bertz CT molecular complexity index is 916. The number of sulfonamides is 1. The number of carbonyl (C=O) groups is 1. The Morgan fingerprint density at radius 3 is 2.22 bits per heavy atom. The minimum Gasteiger partial charge on any atom is -0.468 e. The SMILES string of the molecule is COC(=O)[C@H](NS(=O)(=O)c1ccc(OC(F)(F)F)cc1)c1ccccc1Br. The van der Waals surface area contributed by atoms with Gasteiger partial charge in [0.1, 0.15) is 11.8 Å².